The summed E-state index contributed by atoms with van der Waals surface area (Å²) in [6.07, 6.45) is 0.788. The molecule has 0 saturated heterocycles. The van der Waals surface area contributed by atoms with Gasteiger partial charge in [-0.15, -0.1) is 0 Å². The van der Waals surface area contributed by atoms with Gasteiger partial charge < -0.3 is 0 Å². The van der Waals surface area contributed by atoms with Crippen LogP contribution in [0.3, 0.4) is 0 Å². The zero-order valence-corrected chi connectivity index (χ0v) is 18.8. The molecule has 3 aromatic rings. The number of hydrogen-bond acceptors (Lipinski definition) is 2. The van der Waals surface area contributed by atoms with E-state index in [1.807, 2.05) is 24.3 Å². The highest BCUT2D eigenvalue weighted by atomic mass is 79.9. The van der Waals surface area contributed by atoms with Gasteiger partial charge in [0.2, 0.25) is 5.91 Å². The molecule has 2 N–H and O–H groups in total. The van der Waals surface area contributed by atoms with E-state index in [4.69, 9.17) is 0 Å². The van der Waals surface area contributed by atoms with Crippen molar-refractivity contribution in [2.24, 2.45) is 5.92 Å². The molecule has 1 aliphatic carbocycles. The second-order valence-electron chi connectivity index (χ2n) is 8.06. The minimum atomic E-state index is -0.287. The number of hydrogen-bond donors (Lipinski definition) is 2. The lowest BCUT2D eigenvalue weighted by atomic mass is 9.85. The average molecular weight is 461 g/mol. The third kappa shape index (κ3) is 3.92. The number of amides is 1. The molecule has 0 aliphatic heterocycles. The number of benzene rings is 3. The van der Waals surface area contributed by atoms with Crippen LogP contribution in [0.2, 0.25) is 0 Å². The van der Waals surface area contributed by atoms with Crippen LogP contribution in [0.5, 0.6) is 0 Å². The summed E-state index contributed by atoms with van der Waals surface area (Å²) in [7, 11) is 0. The first-order valence-electron chi connectivity index (χ1n) is 10.0. The van der Waals surface area contributed by atoms with Crippen molar-refractivity contribution >= 4 is 27.5 Å². The lowest BCUT2D eigenvalue weighted by Crippen LogP contribution is -2.38. The Hall–Kier alpha value is -2.85. The van der Waals surface area contributed by atoms with Crippen molar-refractivity contribution < 1.29 is 4.79 Å². The van der Waals surface area contributed by atoms with E-state index in [2.05, 4.69) is 95.7 Å². The van der Waals surface area contributed by atoms with Crippen LogP contribution in [0.15, 0.2) is 83.8 Å². The molecular weight excluding hydrogens is 436 g/mol. The molecule has 0 heterocycles. The maximum atomic E-state index is 13.1. The van der Waals surface area contributed by atoms with Crippen molar-refractivity contribution in [1.82, 2.24) is 10.9 Å². The number of halogens is 1. The van der Waals surface area contributed by atoms with E-state index >= 15 is 0 Å². The summed E-state index contributed by atoms with van der Waals surface area (Å²) in [4.78, 5) is 13.1. The van der Waals surface area contributed by atoms with Gasteiger partial charge in [0.1, 0.15) is 0 Å². The normalized spacial score (nSPS) is 16.6. The molecule has 3 nitrogen and oxygen atoms in total. The van der Waals surface area contributed by atoms with E-state index in [0.29, 0.717) is 5.70 Å². The Morgan fingerprint density at radius 1 is 0.933 bits per heavy atom. The van der Waals surface area contributed by atoms with Crippen molar-refractivity contribution in [2.75, 3.05) is 0 Å². The maximum absolute atomic E-state index is 13.1. The standard InChI is InChI=1S/C26H25BrN2O/c1-17-7-11-21(12-8-17)26(22-13-9-18(2)10-14-22)16-24(26)25(30)29-28-19(3)20-5-4-6-23(27)15-20/h4-15,24,28H,3,16H2,1-2H3,(H,29,30). The van der Waals surface area contributed by atoms with Crippen LogP contribution < -0.4 is 10.9 Å². The van der Waals surface area contributed by atoms with Gasteiger partial charge >= 0.3 is 0 Å². The summed E-state index contributed by atoms with van der Waals surface area (Å²) in [5, 5.41) is 0. The molecule has 0 bridgehead atoms. The third-order valence-corrected chi connectivity index (χ3v) is 6.41. The van der Waals surface area contributed by atoms with Crippen molar-refractivity contribution in [3.63, 3.8) is 0 Å². The summed E-state index contributed by atoms with van der Waals surface area (Å²) in [6.45, 7) is 8.20. The van der Waals surface area contributed by atoms with Crippen LogP contribution in [0.1, 0.15) is 34.2 Å². The Labute approximate surface area is 186 Å². The molecule has 0 spiro atoms. The summed E-state index contributed by atoms with van der Waals surface area (Å²) < 4.78 is 0.967. The second-order valence-corrected chi connectivity index (χ2v) is 8.98. The van der Waals surface area contributed by atoms with Gasteiger partial charge in [-0.05, 0) is 49.1 Å². The zero-order chi connectivity index (χ0) is 21.3. The molecule has 1 aliphatic rings. The highest BCUT2D eigenvalue weighted by Gasteiger charge is 2.60. The van der Waals surface area contributed by atoms with Gasteiger partial charge in [-0.2, -0.15) is 0 Å². The zero-order valence-electron chi connectivity index (χ0n) is 17.2. The molecule has 1 amide bonds. The summed E-state index contributed by atoms with van der Waals surface area (Å²) >= 11 is 3.46. The lowest BCUT2D eigenvalue weighted by molar-refractivity contribution is -0.123. The van der Waals surface area contributed by atoms with Crippen LogP contribution >= 0.6 is 15.9 Å². The summed E-state index contributed by atoms with van der Waals surface area (Å²) in [5.74, 6) is -0.155. The largest absolute Gasteiger partial charge is 0.299 e. The molecule has 1 unspecified atom stereocenters. The van der Waals surface area contributed by atoms with Crippen molar-refractivity contribution in [1.29, 1.82) is 0 Å². The first-order chi connectivity index (χ1) is 14.4. The van der Waals surface area contributed by atoms with Gasteiger partial charge in [0, 0.05) is 9.89 Å². The predicted octanol–water partition coefficient (Wildman–Crippen LogP) is 5.66. The Kier molecular flexibility index (Phi) is 5.52. The number of nitrogens with one attached hydrogen (secondary N) is 2. The molecule has 1 fully saturated rings. The van der Waals surface area contributed by atoms with Crippen LogP contribution in [-0.4, -0.2) is 5.91 Å². The first kappa shape index (κ1) is 20.4. The van der Waals surface area contributed by atoms with Crippen LogP contribution in [0, 0.1) is 19.8 Å². The number of rotatable bonds is 6. The maximum Gasteiger partial charge on any atom is 0.242 e. The smallest absolute Gasteiger partial charge is 0.242 e. The fourth-order valence-electron chi connectivity index (χ4n) is 4.06. The number of carbonyl (C=O) groups excluding carboxylic acids is 1. The minimum absolute atomic E-state index is 0.0210. The number of carbonyl (C=O) groups is 1. The lowest BCUT2D eigenvalue weighted by Gasteiger charge is -2.20. The molecule has 3 aromatic carbocycles. The van der Waals surface area contributed by atoms with E-state index in [1.54, 1.807) is 0 Å². The van der Waals surface area contributed by atoms with Crippen molar-refractivity contribution in [3.05, 3.63) is 112 Å². The van der Waals surface area contributed by atoms with Gasteiger partial charge in [-0.25, -0.2) is 0 Å². The van der Waals surface area contributed by atoms with E-state index in [9.17, 15) is 4.79 Å². The molecule has 152 valence electrons. The predicted molar refractivity (Wildman–Crippen MR) is 126 cm³/mol. The van der Waals surface area contributed by atoms with Crippen LogP contribution in [0.4, 0.5) is 0 Å². The van der Waals surface area contributed by atoms with Gasteiger partial charge in [0.15, 0.2) is 0 Å². The van der Waals surface area contributed by atoms with Crippen LogP contribution in [-0.2, 0) is 10.2 Å². The molecule has 0 aromatic heterocycles. The highest BCUT2D eigenvalue weighted by Crippen LogP contribution is 2.59. The Morgan fingerprint density at radius 2 is 1.50 bits per heavy atom. The summed E-state index contributed by atoms with van der Waals surface area (Å²) in [5.41, 5.74) is 11.9. The third-order valence-electron chi connectivity index (χ3n) is 5.92. The van der Waals surface area contributed by atoms with Gasteiger partial charge in [-0.1, -0.05) is 94.3 Å². The number of aryl methyl sites for hydroxylation is 2. The number of hydrazine groups is 1. The Morgan fingerprint density at radius 3 is 2.03 bits per heavy atom. The monoisotopic (exact) mass is 460 g/mol. The fourth-order valence-corrected chi connectivity index (χ4v) is 4.46. The molecule has 1 atom stereocenters. The highest BCUT2D eigenvalue weighted by molar-refractivity contribution is 9.10. The first-order valence-corrected chi connectivity index (χ1v) is 10.8. The Bertz CT molecular complexity index is 1040. The van der Waals surface area contributed by atoms with Gasteiger partial charge in [-0.3, -0.25) is 15.6 Å². The van der Waals surface area contributed by atoms with Crippen LogP contribution in [0.25, 0.3) is 5.70 Å². The SMILES string of the molecule is C=C(NNC(=O)C1CC1(c1ccc(C)cc1)c1ccc(C)cc1)c1cccc(Br)c1. The fraction of sp³-hybridized carbons (Fsp3) is 0.192. The molecule has 0 radical (unpaired) electrons. The quantitative estimate of drug-likeness (QED) is 0.465. The van der Waals surface area contributed by atoms with E-state index in [0.717, 1.165) is 16.5 Å². The molecule has 4 rings (SSSR count). The molecular formula is C26H25BrN2O. The topological polar surface area (TPSA) is 41.1 Å². The van der Waals surface area contributed by atoms with Gasteiger partial charge in [0.25, 0.3) is 0 Å². The average Bonchev–Trinajstić information content (AvgIpc) is 3.49. The van der Waals surface area contributed by atoms with E-state index < -0.39 is 0 Å². The Balaban J connectivity index is 1.54. The van der Waals surface area contributed by atoms with E-state index in [1.165, 1.54) is 22.3 Å². The molecule has 1 saturated carbocycles. The minimum Gasteiger partial charge on any atom is -0.299 e. The van der Waals surface area contributed by atoms with Crippen molar-refractivity contribution in [3.8, 4) is 0 Å². The molecule has 30 heavy (non-hydrogen) atoms. The molecule has 4 heteroatoms. The van der Waals surface area contributed by atoms with Gasteiger partial charge in [0.05, 0.1) is 11.6 Å². The van der Waals surface area contributed by atoms with Crippen molar-refractivity contribution in [2.45, 2.75) is 25.7 Å². The van der Waals surface area contributed by atoms with E-state index in [-0.39, 0.29) is 17.2 Å². The summed E-state index contributed by atoms with van der Waals surface area (Å²) in [6, 6.07) is 24.9. The second kappa shape index (κ2) is 8.11.